The monoisotopic (exact) mass is 300 g/mol. The van der Waals surface area contributed by atoms with Gasteiger partial charge in [0.15, 0.2) is 0 Å². The van der Waals surface area contributed by atoms with Crippen molar-refractivity contribution in [2.24, 2.45) is 5.73 Å². The predicted molar refractivity (Wildman–Crippen MR) is 76.5 cm³/mol. The molecule has 1 unspecified atom stereocenters. The zero-order chi connectivity index (χ0) is 15.0. The van der Waals surface area contributed by atoms with Gasteiger partial charge in [-0.1, -0.05) is 36.8 Å². The van der Waals surface area contributed by atoms with Gasteiger partial charge in [-0.15, -0.1) is 0 Å². The second-order valence-corrected chi connectivity index (χ2v) is 6.29. The Labute approximate surface area is 119 Å². The van der Waals surface area contributed by atoms with Gasteiger partial charge in [-0.2, -0.15) is 0 Å². The van der Waals surface area contributed by atoms with Gasteiger partial charge >= 0.3 is 5.97 Å². The van der Waals surface area contributed by atoms with Crippen molar-refractivity contribution in [3.05, 3.63) is 35.9 Å². The number of rotatable bonds is 9. The molecular weight excluding hydrogens is 280 g/mol. The summed E-state index contributed by atoms with van der Waals surface area (Å²) in [6, 6.07) is 7.53. The number of aliphatic carboxylic acids is 1. The van der Waals surface area contributed by atoms with Crippen LogP contribution in [0.1, 0.15) is 24.8 Å². The first-order valence-electron chi connectivity index (χ1n) is 6.41. The van der Waals surface area contributed by atoms with E-state index in [1.807, 2.05) is 0 Å². The third kappa shape index (κ3) is 6.14. The highest BCUT2D eigenvalue weighted by atomic mass is 32.2. The lowest BCUT2D eigenvalue weighted by molar-refractivity contribution is -0.139. The van der Waals surface area contributed by atoms with Gasteiger partial charge in [-0.05, 0) is 24.9 Å². The Hall–Kier alpha value is -1.44. The van der Waals surface area contributed by atoms with Crippen molar-refractivity contribution in [3.8, 4) is 0 Å². The first-order chi connectivity index (χ1) is 9.44. The van der Waals surface area contributed by atoms with E-state index >= 15 is 0 Å². The lowest BCUT2D eigenvalue weighted by Crippen LogP contribution is -2.41. The molecule has 112 valence electrons. The van der Waals surface area contributed by atoms with Crippen molar-refractivity contribution in [1.82, 2.24) is 4.72 Å². The topological polar surface area (TPSA) is 109 Å². The van der Waals surface area contributed by atoms with Crippen LogP contribution in [0.3, 0.4) is 0 Å². The number of sulfonamides is 1. The molecule has 4 N–H and O–H groups in total. The number of hydrogen-bond acceptors (Lipinski definition) is 4. The molecule has 0 aliphatic carbocycles. The van der Waals surface area contributed by atoms with Gasteiger partial charge < -0.3 is 10.8 Å². The number of benzene rings is 1. The largest absolute Gasteiger partial charge is 0.480 e. The van der Waals surface area contributed by atoms with Crippen molar-refractivity contribution in [2.45, 2.75) is 31.1 Å². The summed E-state index contributed by atoms with van der Waals surface area (Å²) in [6.45, 7) is 0.461. The summed E-state index contributed by atoms with van der Waals surface area (Å²) < 4.78 is 26.1. The van der Waals surface area contributed by atoms with Gasteiger partial charge in [0.05, 0.1) is 5.75 Å². The third-order valence-electron chi connectivity index (χ3n) is 2.77. The first-order valence-corrected chi connectivity index (χ1v) is 8.06. The number of carboxylic acid groups (broad SMARTS) is 1. The molecule has 0 fully saturated rings. The quantitative estimate of drug-likeness (QED) is 0.581. The smallest absolute Gasteiger partial charge is 0.321 e. The second kappa shape index (κ2) is 7.98. The Bertz CT molecular complexity index is 516. The Balaban J connectivity index is 2.64. The number of nitrogens with one attached hydrogen (secondary N) is 1. The highest BCUT2D eigenvalue weighted by Gasteiger charge is 2.23. The molecule has 20 heavy (non-hydrogen) atoms. The van der Waals surface area contributed by atoms with Crippen molar-refractivity contribution in [3.63, 3.8) is 0 Å². The molecule has 0 aliphatic rings. The Morgan fingerprint density at radius 2 is 1.90 bits per heavy atom. The van der Waals surface area contributed by atoms with Crippen LogP contribution in [0.15, 0.2) is 30.3 Å². The van der Waals surface area contributed by atoms with Gasteiger partial charge in [-0.3, -0.25) is 4.79 Å². The lowest BCUT2D eigenvalue weighted by Gasteiger charge is -2.14. The fraction of sp³-hybridized carbons (Fsp3) is 0.462. The summed E-state index contributed by atoms with van der Waals surface area (Å²) in [6.07, 6.45) is 1.48. The molecule has 6 nitrogen and oxygen atoms in total. The fourth-order valence-electron chi connectivity index (χ4n) is 1.78. The van der Waals surface area contributed by atoms with Crippen molar-refractivity contribution >= 4 is 16.0 Å². The zero-order valence-electron chi connectivity index (χ0n) is 11.2. The van der Waals surface area contributed by atoms with Crippen LogP contribution in [0, 0.1) is 0 Å². The molecule has 1 aromatic carbocycles. The minimum Gasteiger partial charge on any atom is -0.480 e. The summed E-state index contributed by atoms with van der Waals surface area (Å²) >= 11 is 0. The van der Waals surface area contributed by atoms with E-state index in [4.69, 9.17) is 10.8 Å². The fourth-order valence-corrected chi connectivity index (χ4v) is 3.14. The number of nitrogens with two attached hydrogens (primary N) is 1. The molecule has 1 rings (SSSR count). The maximum Gasteiger partial charge on any atom is 0.321 e. The average Bonchev–Trinajstić information content (AvgIpc) is 2.38. The van der Waals surface area contributed by atoms with Gasteiger partial charge in [-0.25, -0.2) is 13.1 Å². The van der Waals surface area contributed by atoms with Crippen LogP contribution < -0.4 is 10.5 Å². The molecule has 1 atom stereocenters. The molecule has 0 amide bonds. The van der Waals surface area contributed by atoms with Crippen LogP contribution in [-0.2, 0) is 20.6 Å². The summed E-state index contributed by atoms with van der Waals surface area (Å²) in [7, 11) is -3.68. The summed E-state index contributed by atoms with van der Waals surface area (Å²) in [5, 5.41) is 9.04. The van der Waals surface area contributed by atoms with Crippen LogP contribution in [0.5, 0.6) is 0 Å². The van der Waals surface area contributed by atoms with E-state index < -0.39 is 22.0 Å². The molecular formula is C13H20N2O4S. The maximum atomic E-state index is 11.9. The Morgan fingerprint density at radius 1 is 1.25 bits per heavy atom. The van der Waals surface area contributed by atoms with Gasteiger partial charge in [0.25, 0.3) is 0 Å². The van der Waals surface area contributed by atoms with Gasteiger partial charge in [0, 0.05) is 0 Å². The van der Waals surface area contributed by atoms with Crippen LogP contribution in [0.2, 0.25) is 0 Å². The Kier molecular flexibility index (Phi) is 6.63. The molecule has 7 heteroatoms. The van der Waals surface area contributed by atoms with E-state index in [0.29, 0.717) is 24.9 Å². The molecule has 0 radical (unpaired) electrons. The van der Waals surface area contributed by atoms with Crippen molar-refractivity contribution in [1.29, 1.82) is 0 Å². The number of carboxylic acids is 1. The molecule has 0 saturated heterocycles. The van der Waals surface area contributed by atoms with E-state index in [9.17, 15) is 13.2 Å². The zero-order valence-corrected chi connectivity index (χ0v) is 12.0. The van der Waals surface area contributed by atoms with Gasteiger partial charge in [0.2, 0.25) is 10.0 Å². The van der Waals surface area contributed by atoms with Crippen LogP contribution in [-0.4, -0.2) is 32.1 Å². The standard InChI is InChI=1S/C13H20N2O4S/c14-9-5-4-8-12(13(16)17)15-20(18,19)10-11-6-2-1-3-7-11/h1-3,6-7,12,15H,4-5,8-10,14H2,(H,16,17). The lowest BCUT2D eigenvalue weighted by atomic mass is 10.1. The number of unbranched alkanes of at least 4 members (excludes halogenated alkanes) is 1. The van der Waals surface area contributed by atoms with Crippen molar-refractivity contribution < 1.29 is 18.3 Å². The second-order valence-electron chi connectivity index (χ2n) is 4.54. The summed E-state index contributed by atoms with van der Waals surface area (Å²) in [4.78, 5) is 11.1. The molecule has 1 aromatic rings. The molecule has 0 spiro atoms. The molecule has 0 bridgehead atoms. The van der Waals surface area contributed by atoms with E-state index in [-0.39, 0.29) is 12.2 Å². The SMILES string of the molecule is NCCCCC(NS(=O)(=O)Cc1ccccc1)C(=O)O. The minimum atomic E-state index is -3.68. The van der Waals surface area contributed by atoms with E-state index in [1.54, 1.807) is 30.3 Å². The van der Waals surface area contributed by atoms with E-state index in [1.165, 1.54) is 0 Å². The highest BCUT2D eigenvalue weighted by molar-refractivity contribution is 7.88. The maximum absolute atomic E-state index is 11.9. The molecule has 0 heterocycles. The molecule has 0 aromatic heterocycles. The molecule has 0 saturated carbocycles. The minimum absolute atomic E-state index is 0.228. The van der Waals surface area contributed by atoms with E-state index in [2.05, 4.69) is 4.72 Å². The van der Waals surface area contributed by atoms with Crippen LogP contribution in [0.25, 0.3) is 0 Å². The summed E-state index contributed by atoms with van der Waals surface area (Å²) in [5.74, 6) is -1.40. The average molecular weight is 300 g/mol. The predicted octanol–water partition coefficient (Wildman–Crippen LogP) is 0.688. The van der Waals surface area contributed by atoms with Crippen molar-refractivity contribution in [2.75, 3.05) is 6.54 Å². The Morgan fingerprint density at radius 3 is 2.45 bits per heavy atom. The number of carbonyl (C=O) groups is 1. The first kappa shape index (κ1) is 16.6. The van der Waals surface area contributed by atoms with Gasteiger partial charge in [0.1, 0.15) is 6.04 Å². The van der Waals surface area contributed by atoms with Crippen LogP contribution in [0.4, 0.5) is 0 Å². The van der Waals surface area contributed by atoms with E-state index in [0.717, 1.165) is 0 Å². The summed E-state index contributed by atoms with van der Waals surface area (Å²) in [5.41, 5.74) is 5.95. The number of hydrogen-bond donors (Lipinski definition) is 3. The van der Waals surface area contributed by atoms with Crippen LogP contribution >= 0.6 is 0 Å². The molecule has 0 aliphatic heterocycles. The normalized spacial score (nSPS) is 13.1. The highest BCUT2D eigenvalue weighted by Crippen LogP contribution is 2.07. The third-order valence-corrected chi connectivity index (χ3v) is 4.12.